The maximum absolute atomic E-state index is 2.64. The first kappa shape index (κ1) is 12.5. The fraction of sp³-hybridized carbons (Fsp3) is 0.625. The van der Waals surface area contributed by atoms with Crippen LogP contribution in [-0.2, 0) is 0 Å². The molecular formula is C16H25N. The summed E-state index contributed by atoms with van der Waals surface area (Å²) >= 11 is 0. The van der Waals surface area contributed by atoms with E-state index in [1.54, 1.807) is 0 Å². The van der Waals surface area contributed by atoms with E-state index in [9.17, 15) is 0 Å². The summed E-state index contributed by atoms with van der Waals surface area (Å²) in [7, 11) is 0. The number of aryl methyl sites for hydroxylation is 1. The number of anilines is 1. The van der Waals surface area contributed by atoms with Crippen molar-refractivity contribution >= 4 is 5.69 Å². The van der Waals surface area contributed by atoms with Gasteiger partial charge in [0.1, 0.15) is 0 Å². The van der Waals surface area contributed by atoms with E-state index in [1.807, 2.05) is 0 Å². The van der Waals surface area contributed by atoms with Gasteiger partial charge in [-0.25, -0.2) is 0 Å². The standard InChI is InChI=1S/C16H25N/c1-3-12-17(15-9-5-4-6-10-15)16-11-7-8-14(2)13-16/h7-8,11,13,15H,3-6,9-10,12H2,1-2H3. The predicted molar refractivity (Wildman–Crippen MR) is 75.7 cm³/mol. The molecule has 1 aromatic carbocycles. The minimum Gasteiger partial charge on any atom is -0.369 e. The van der Waals surface area contributed by atoms with Gasteiger partial charge < -0.3 is 4.90 Å². The van der Waals surface area contributed by atoms with E-state index >= 15 is 0 Å². The Morgan fingerprint density at radius 3 is 2.59 bits per heavy atom. The maximum atomic E-state index is 2.64. The van der Waals surface area contributed by atoms with Crippen LogP contribution >= 0.6 is 0 Å². The second-order valence-corrected chi connectivity index (χ2v) is 5.32. The molecular weight excluding hydrogens is 206 g/mol. The normalized spacial score (nSPS) is 17.1. The summed E-state index contributed by atoms with van der Waals surface area (Å²) in [5, 5.41) is 0. The molecule has 0 amide bonds. The first-order chi connectivity index (χ1) is 8.31. The smallest absolute Gasteiger partial charge is 0.0371 e. The molecule has 0 bridgehead atoms. The molecule has 1 fully saturated rings. The van der Waals surface area contributed by atoms with Crippen molar-refractivity contribution in [3.05, 3.63) is 29.8 Å². The van der Waals surface area contributed by atoms with E-state index in [2.05, 4.69) is 43.0 Å². The topological polar surface area (TPSA) is 3.24 Å². The summed E-state index contributed by atoms with van der Waals surface area (Å²) in [6, 6.07) is 9.78. The van der Waals surface area contributed by atoms with Gasteiger partial charge >= 0.3 is 0 Å². The average Bonchev–Trinajstić information content (AvgIpc) is 2.37. The van der Waals surface area contributed by atoms with Gasteiger partial charge in [-0.05, 0) is 43.9 Å². The van der Waals surface area contributed by atoms with Crippen LogP contribution in [0.5, 0.6) is 0 Å². The highest BCUT2D eigenvalue weighted by molar-refractivity contribution is 5.49. The zero-order chi connectivity index (χ0) is 12.1. The van der Waals surface area contributed by atoms with Gasteiger partial charge in [-0.3, -0.25) is 0 Å². The van der Waals surface area contributed by atoms with Crippen molar-refractivity contribution in [2.45, 2.75) is 58.4 Å². The third kappa shape index (κ3) is 3.24. The zero-order valence-electron chi connectivity index (χ0n) is 11.3. The van der Waals surface area contributed by atoms with Crippen molar-refractivity contribution in [3.63, 3.8) is 0 Å². The minimum absolute atomic E-state index is 0.783. The second-order valence-electron chi connectivity index (χ2n) is 5.32. The van der Waals surface area contributed by atoms with Crippen LogP contribution in [0.25, 0.3) is 0 Å². The number of hydrogen-bond acceptors (Lipinski definition) is 1. The molecule has 1 heteroatoms. The molecule has 0 atom stereocenters. The van der Waals surface area contributed by atoms with E-state index in [-0.39, 0.29) is 0 Å². The lowest BCUT2D eigenvalue weighted by molar-refractivity contribution is 0.414. The number of rotatable bonds is 4. The van der Waals surface area contributed by atoms with Gasteiger partial charge in [-0.1, -0.05) is 38.3 Å². The molecule has 94 valence electrons. The molecule has 0 spiro atoms. The van der Waals surface area contributed by atoms with Crippen molar-refractivity contribution in [1.29, 1.82) is 0 Å². The van der Waals surface area contributed by atoms with Gasteiger partial charge in [0.15, 0.2) is 0 Å². The molecule has 1 aliphatic carbocycles. The van der Waals surface area contributed by atoms with Crippen LogP contribution < -0.4 is 4.90 Å². The molecule has 1 aliphatic rings. The van der Waals surface area contributed by atoms with Crippen molar-refractivity contribution < 1.29 is 0 Å². The Morgan fingerprint density at radius 1 is 1.18 bits per heavy atom. The molecule has 1 nitrogen and oxygen atoms in total. The van der Waals surface area contributed by atoms with E-state index in [0.717, 1.165) is 6.04 Å². The van der Waals surface area contributed by atoms with Gasteiger partial charge in [0.05, 0.1) is 0 Å². The lowest BCUT2D eigenvalue weighted by Crippen LogP contribution is -2.37. The highest BCUT2D eigenvalue weighted by atomic mass is 15.2. The first-order valence-electron chi connectivity index (χ1n) is 7.14. The summed E-state index contributed by atoms with van der Waals surface area (Å²) < 4.78 is 0. The zero-order valence-corrected chi connectivity index (χ0v) is 11.3. The molecule has 0 heterocycles. The highest BCUT2D eigenvalue weighted by Gasteiger charge is 2.20. The minimum atomic E-state index is 0.783. The quantitative estimate of drug-likeness (QED) is 0.735. The van der Waals surface area contributed by atoms with Crippen LogP contribution in [0.4, 0.5) is 5.69 Å². The monoisotopic (exact) mass is 231 g/mol. The third-order valence-electron chi connectivity index (χ3n) is 3.81. The van der Waals surface area contributed by atoms with Crippen LogP contribution in [0.2, 0.25) is 0 Å². The molecule has 0 saturated heterocycles. The van der Waals surface area contributed by atoms with Crippen molar-refractivity contribution in [2.75, 3.05) is 11.4 Å². The van der Waals surface area contributed by atoms with Crippen LogP contribution in [-0.4, -0.2) is 12.6 Å². The highest BCUT2D eigenvalue weighted by Crippen LogP contribution is 2.27. The Hall–Kier alpha value is -0.980. The maximum Gasteiger partial charge on any atom is 0.0371 e. The number of nitrogens with zero attached hydrogens (tertiary/aromatic N) is 1. The molecule has 0 N–H and O–H groups in total. The van der Waals surface area contributed by atoms with E-state index in [0.29, 0.717) is 0 Å². The van der Waals surface area contributed by atoms with Crippen LogP contribution in [0.1, 0.15) is 51.0 Å². The fourth-order valence-corrected chi connectivity index (χ4v) is 2.96. The predicted octanol–water partition coefficient (Wildman–Crippen LogP) is 4.54. The largest absolute Gasteiger partial charge is 0.369 e. The second kappa shape index (κ2) is 6.09. The van der Waals surface area contributed by atoms with Crippen LogP contribution in [0.3, 0.4) is 0 Å². The lowest BCUT2D eigenvalue weighted by atomic mass is 9.93. The molecule has 17 heavy (non-hydrogen) atoms. The van der Waals surface area contributed by atoms with Crippen molar-refractivity contribution in [3.8, 4) is 0 Å². The molecule has 0 aliphatic heterocycles. The van der Waals surface area contributed by atoms with Gasteiger partial charge in [-0.15, -0.1) is 0 Å². The summed E-state index contributed by atoms with van der Waals surface area (Å²) in [4.78, 5) is 2.64. The molecule has 1 aromatic rings. The number of benzene rings is 1. The Kier molecular flexibility index (Phi) is 4.47. The first-order valence-corrected chi connectivity index (χ1v) is 7.14. The summed E-state index contributed by atoms with van der Waals surface area (Å²) in [5.41, 5.74) is 2.80. The third-order valence-corrected chi connectivity index (χ3v) is 3.81. The molecule has 0 unspecified atom stereocenters. The van der Waals surface area contributed by atoms with Gasteiger partial charge in [0, 0.05) is 18.3 Å². The van der Waals surface area contributed by atoms with Gasteiger partial charge in [-0.2, -0.15) is 0 Å². The Labute approximate surface area is 106 Å². The Morgan fingerprint density at radius 2 is 1.94 bits per heavy atom. The van der Waals surface area contributed by atoms with Crippen molar-refractivity contribution in [1.82, 2.24) is 0 Å². The molecule has 2 rings (SSSR count). The lowest BCUT2D eigenvalue weighted by Gasteiger charge is -2.36. The van der Waals surface area contributed by atoms with E-state index in [4.69, 9.17) is 0 Å². The summed E-state index contributed by atoms with van der Waals surface area (Å²) in [5.74, 6) is 0. The Bertz CT molecular complexity index is 339. The van der Waals surface area contributed by atoms with Crippen LogP contribution in [0, 0.1) is 6.92 Å². The fourth-order valence-electron chi connectivity index (χ4n) is 2.96. The Balaban J connectivity index is 2.15. The summed E-state index contributed by atoms with van der Waals surface area (Å²) in [6.45, 7) is 5.67. The van der Waals surface area contributed by atoms with Gasteiger partial charge in [0.2, 0.25) is 0 Å². The SMILES string of the molecule is CCCN(c1cccc(C)c1)C1CCCCC1. The molecule has 0 aromatic heterocycles. The molecule has 0 radical (unpaired) electrons. The van der Waals surface area contributed by atoms with Crippen molar-refractivity contribution in [2.24, 2.45) is 0 Å². The van der Waals surface area contributed by atoms with Crippen LogP contribution in [0.15, 0.2) is 24.3 Å². The van der Waals surface area contributed by atoms with E-state index in [1.165, 1.54) is 56.3 Å². The van der Waals surface area contributed by atoms with Gasteiger partial charge in [0.25, 0.3) is 0 Å². The number of hydrogen-bond donors (Lipinski definition) is 0. The van der Waals surface area contributed by atoms with E-state index < -0.39 is 0 Å². The average molecular weight is 231 g/mol. The summed E-state index contributed by atoms with van der Waals surface area (Å²) in [6.07, 6.45) is 8.27. The molecule has 1 saturated carbocycles.